The maximum atomic E-state index is 13.2. The topological polar surface area (TPSA) is 142 Å². The number of nitrogens with one attached hydrogen (secondary N) is 2. The van der Waals surface area contributed by atoms with E-state index >= 15 is 0 Å². The summed E-state index contributed by atoms with van der Waals surface area (Å²) in [7, 11) is 0. The largest absolute Gasteiger partial charge is 0.390 e. The number of aliphatic hydroxyl groups excluding tert-OH is 2. The molecule has 0 heterocycles. The van der Waals surface area contributed by atoms with Crippen molar-refractivity contribution in [2.45, 2.75) is 37.6 Å². The van der Waals surface area contributed by atoms with Crippen LogP contribution >= 0.6 is 0 Å². The van der Waals surface area contributed by atoms with Crippen molar-refractivity contribution in [3.8, 4) is 0 Å². The van der Waals surface area contributed by atoms with Crippen LogP contribution in [0.3, 0.4) is 0 Å². The van der Waals surface area contributed by atoms with E-state index in [1.54, 1.807) is 0 Å². The van der Waals surface area contributed by atoms with Crippen LogP contribution in [0.1, 0.15) is 23.7 Å². The van der Waals surface area contributed by atoms with E-state index < -0.39 is 47.8 Å². The van der Waals surface area contributed by atoms with Crippen molar-refractivity contribution in [3.05, 3.63) is 47.3 Å². The molecule has 0 aromatic heterocycles. The molecule has 0 spiro atoms. The van der Waals surface area contributed by atoms with Gasteiger partial charge in [0.2, 0.25) is 11.8 Å². The highest BCUT2D eigenvalue weighted by atomic mass is 19.1. The van der Waals surface area contributed by atoms with E-state index in [-0.39, 0.29) is 17.6 Å². The second-order valence-electron chi connectivity index (χ2n) is 6.06. The first kappa shape index (κ1) is 19.5. The summed E-state index contributed by atoms with van der Waals surface area (Å²) in [6.45, 7) is 1.40. The Labute approximate surface area is 148 Å². The normalized spacial score (nSPS) is 23.5. The highest BCUT2D eigenvalue weighted by Crippen LogP contribution is 2.20. The van der Waals surface area contributed by atoms with Crippen LogP contribution in [0.25, 0.3) is 0 Å². The highest BCUT2D eigenvalue weighted by Gasteiger charge is 2.34. The fourth-order valence-corrected chi connectivity index (χ4v) is 2.49. The SMILES string of the molecule is CC(NC(=O)C1=CC(NC(=O)c2cccc(F)c2)C(O)C(O)C1)C(N)=O. The summed E-state index contributed by atoms with van der Waals surface area (Å²) >= 11 is 0. The van der Waals surface area contributed by atoms with Crippen LogP contribution in [-0.4, -0.2) is 52.2 Å². The average Bonchev–Trinajstić information content (AvgIpc) is 2.58. The first-order chi connectivity index (χ1) is 12.2. The van der Waals surface area contributed by atoms with Crippen molar-refractivity contribution in [2.75, 3.05) is 0 Å². The second-order valence-corrected chi connectivity index (χ2v) is 6.06. The number of aliphatic hydroxyl groups is 2. The summed E-state index contributed by atoms with van der Waals surface area (Å²) in [5.74, 6) is -2.65. The van der Waals surface area contributed by atoms with E-state index in [1.165, 1.54) is 31.2 Å². The number of hydrogen-bond donors (Lipinski definition) is 5. The van der Waals surface area contributed by atoms with Crippen molar-refractivity contribution in [2.24, 2.45) is 5.73 Å². The van der Waals surface area contributed by atoms with Gasteiger partial charge in [-0.05, 0) is 25.1 Å². The first-order valence-corrected chi connectivity index (χ1v) is 7.92. The Balaban J connectivity index is 2.16. The van der Waals surface area contributed by atoms with Gasteiger partial charge < -0.3 is 26.6 Å². The predicted octanol–water partition coefficient (Wildman–Crippen LogP) is -1.03. The van der Waals surface area contributed by atoms with E-state index in [0.717, 1.165) is 6.07 Å². The van der Waals surface area contributed by atoms with Gasteiger partial charge in [-0.25, -0.2) is 4.39 Å². The van der Waals surface area contributed by atoms with Gasteiger partial charge in [-0.2, -0.15) is 0 Å². The Bertz CT molecular complexity index is 752. The number of benzene rings is 1. The fraction of sp³-hybridized carbons (Fsp3) is 0.353. The number of rotatable bonds is 5. The lowest BCUT2D eigenvalue weighted by Crippen LogP contribution is -2.51. The molecule has 0 saturated heterocycles. The van der Waals surface area contributed by atoms with Gasteiger partial charge in [-0.3, -0.25) is 14.4 Å². The van der Waals surface area contributed by atoms with Gasteiger partial charge >= 0.3 is 0 Å². The zero-order valence-electron chi connectivity index (χ0n) is 14.0. The molecule has 0 bridgehead atoms. The van der Waals surface area contributed by atoms with Crippen LogP contribution in [-0.2, 0) is 9.59 Å². The molecule has 0 fully saturated rings. The molecule has 26 heavy (non-hydrogen) atoms. The maximum absolute atomic E-state index is 13.2. The zero-order valence-corrected chi connectivity index (χ0v) is 14.0. The molecule has 0 saturated carbocycles. The van der Waals surface area contributed by atoms with Crippen molar-refractivity contribution in [1.29, 1.82) is 0 Å². The lowest BCUT2D eigenvalue weighted by atomic mass is 9.89. The smallest absolute Gasteiger partial charge is 0.251 e. The van der Waals surface area contributed by atoms with E-state index in [0.29, 0.717) is 0 Å². The minimum atomic E-state index is -1.35. The highest BCUT2D eigenvalue weighted by molar-refractivity contribution is 5.97. The second kappa shape index (κ2) is 8.07. The Morgan fingerprint density at radius 1 is 1.27 bits per heavy atom. The van der Waals surface area contributed by atoms with Crippen LogP contribution in [0.4, 0.5) is 4.39 Å². The Hall–Kier alpha value is -2.78. The monoisotopic (exact) mass is 365 g/mol. The van der Waals surface area contributed by atoms with Gasteiger partial charge in [-0.15, -0.1) is 0 Å². The standard InChI is InChI=1S/C17H20FN3O5/c1-8(15(19)24)20-17(26)10-6-12(14(23)13(22)7-10)21-16(25)9-3-2-4-11(18)5-9/h2-6,8,12-14,22-23H,7H2,1H3,(H2,19,24)(H,20,26)(H,21,25). The molecule has 1 aliphatic carbocycles. The third-order valence-corrected chi connectivity index (χ3v) is 4.02. The van der Waals surface area contributed by atoms with E-state index in [1.807, 2.05) is 0 Å². The lowest BCUT2D eigenvalue weighted by Gasteiger charge is -2.31. The van der Waals surface area contributed by atoms with E-state index in [9.17, 15) is 29.0 Å². The molecule has 2 rings (SSSR count). The molecule has 4 unspecified atom stereocenters. The first-order valence-electron chi connectivity index (χ1n) is 7.92. The molecule has 3 amide bonds. The average molecular weight is 365 g/mol. The number of amides is 3. The predicted molar refractivity (Wildman–Crippen MR) is 89.2 cm³/mol. The van der Waals surface area contributed by atoms with Crippen molar-refractivity contribution in [3.63, 3.8) is 0 Å². The van der Waals surface area contributed by atoms with Crippen molar-refractivity contribution in [1.82, 2.24) is 10.6 Å². The van der Waals surface area contributed by atoms with Gasteiger partial charge in [-0.1, -0.05) is 12.1 Å². The van der Waals surface area contributed by atoms with E-state index in [2.05, 4.69) is 10.6 Å². The molecule has 1 aromatic rings. The number of hydrogen-bond acceptors (Lipinski definition) is 5. The molecule has 8 nitrogen and oxygen atoms in total. The molecule has 0 aliphatic heterocycles. The van der Waals surface area contributed by atoms with Crippen molar-refractivity contribution < 1.29 is 29.0 Å². The van der Waals surface area contributed by atoms with Crippen LogP contribution in [0, 0.1) is 5.82 Å². The Morgan fingerprint density at radius 2 is 1.96 bits per heavy atom. The molecule has 0 radical (unpaired) electrons. The molecule has 9 heteroatoms. The number of carbonyl (C=O) groups is 3. The summed E-state index contributed by atoms with van der Waals surface area (Å²) < 4.78 is 13.2. The fourth-order valence-electron chi connectivity index (χ4n) is 2.49. The summed E-state index contributed by atoms with van der Waals surface area (Å²) in [4.78, 5) is 35.4. The number of primary amides is 1. The number of nitrogens with two attached hydrogens (primary N) is 1. The van der Waals surface area contributed by atoms with Gasteiger partial charge in [0.1, 0.15) is 18.0 Å². The van der Waals surface area contributed by atoms with Crippen LogP contribution in [0.5, 0.6) is 0 Å². The van der Waals surface area contributed by atoms with Crippen LogP contribution in [0.15, 0.2) is 35.9 Å². The molecule has 1 aromatic carbocycles. The summed E-state index contributed by atoms with van der Waals surface area (Å²) in [5, 5.41) is 24.8. The molecule has 6 N–H and O–H groups in total. The minimum absolute atomic E-state index is 0.0269. The Kier molecular flexibility index (Phi) is 6.06. The molecule has 4 atom stereocenters. The van der Waals surface area contributed by atoms with Crippen molar-refractivity contribution >= 4 is 17.7 Å². The molecule has 1 aliphatic rings. The van der Waals surface area contributed by atoms with Gasteiger partial charge in [0.25, 0.3) is 5.91 Å². The number of carbonyl (C=O) groups excluding carboxylic acids is 3. The van der Waals surface area contributed by atoms with Gasteiger partial charge in [0.05, 0.1) is 12.1 Å². The number of halogens is 1. The third kappa shape index (κ3) is 4.64. The van der Waals surface area contributed by atoms with Gasteiger partial charge in [0, 0.05) is 17.6 Å². The lowest BCUT2D eigenvalue weighted by molar-refractivity contribution is -0.125. The summed E-state index contributed by atoms with van der Waals surface area (Å²) in [6.07, 6.45) is -1.53. The maximum Gasteiger partial charge on any atom is 0.251 e. The minimum Gasteiger partial charge on any atom is -0.390 e. The van der Waals surface area contributed by atoms with Crippen LogP contribution < -0.4 is 16.4 Å². The van der Waals surface area contributed by atoms with Gasteiger partial charge in [0.15, 0.2) is 0 Å². The van der Waals surface area contributed by atoms with Crippen LogP contribution in [0.2, 0.25) is 0 Å². The molecule has 140 valence electrons. The summed E-state index contributed by atoms with van der Waals surface area (Å²) in [6, 6.07) is 2.95. The quantitative estimate of drug-likeness (QED) is 0.453. The third-order valence-electron chi connectivity index (χ3n) is 4.02. The molecular formula is C17H20FN3O5. The summed E-state index contributed by atoms with van der Waals surface area (Å²) in [5.41, 5.74) is 5.19. The van der Waals surface area contributed by atoms with E-state index in [4.69, 9.17) is 5.73 Å². The Morgan fingerprint density at radius 3 is 2.58 bits per heavy atom. The molecular weight excluding hydrogens is 345 g/mol. The zero-order chi connectivity index (χ0) is 19.4.